The molecule has 0 unspecified atom stereocenters. The quantitative estimate of drug-likeness (QED) is 0.0385. The second kappa shape index (κ2) is 21.3. The van der Waals surface area contributed by atoms with E-state index in [0.29, 0.717) is 18.2 Å². The van der Waals surface area contributed by atoms with Gasteiger partial charge in [0.1, 0.15) is 30.8 Å². The Bertz CT molecular complexity index is 3080. The molecule has 0 atom stereocenters. The average molecular weight is 968 g/mol. The van der Waals surface area contributed by atoms with Crippen molar-refractivity contribution in [3.8, 4) is 5.75 Å². The summed E-state index contributed by atoms with van der Waals surface area (Å²) < 4.78 is 168. The van der Waals surface area contributed by atoms with E-state index < -0.39 is 127 Å². The molecule has 0 aromatic heterocycles. The molecule has 5 aromatic rings. The Morgan fingerprint density at radius 3 is 1.88 bits per heavy atom. The van der Waals surface area contributed by atoms with E-state index in [2.05, 4.69) is 19.4 Å². The molecule has 292 valence electrons. The molecule has 59 heavy (non-hydrogen) atoms. The maximum atomic E-state index is 13.9. The van der Waals surface area contributed by atoms with Crippen LogP contribution >= 0.6 is 11.6 Å². The molecule has 30 heteroatoms. The fourth-order valence-electron chi connectivity index (χ4n) is 5.03. The van der Waals surface area contributed by atoms with Crippen LogP contribution in [0.3, 0.4) is 0 Å². The van der Waals surface area contributed by atoms with Crippen LogP contribution in [0.4, 0.5) is 17.1 Å². The molecule has 0 heterocycles. The van der Waals surface area contributed by atoms with Crippen LogP contribution in [0.2, 0.25) is 5.02 Å². The Balaban J connectivity index is 0.00000435. The fraction of sp³-hybridized carbons (Fsp3) is 0.0690. The number of nitrogens with zero attached hydrogens (tertiary/aromatic N) is 3. The number of fused-ring (bicyclic) bond motifs is 2. The summed E-state index contributed by atoms with van der Waals surface area (Å²) in [5.74, 6) is -3.65. The monoisotopic (exact) mass is 967 g/mol. The van der Waals surface area contributed by atoms with Crippen LogP contribution in [0.5, 0.6) is 5.75 Å². The molecule has 0 aliphatic heterocycles. The van der Waals surface area contributed by atoms with Crippen molar-refractivity contribution in [3.05, 3.63) is 83.4 Å². The molecule has 0 amide bonds. The first-order valence-corrected chi connectivity index (χ1v) is 22.0. The molecule has 0 bridgehead atoms. The summed E-state index contributed by atoms with van der Waals surface area (Å²) in [5.41, 5.74) is -3.17. The average Bonchev–Trinajstić information content (AvgIpc) is 3.05. The van der Waals surface area contributed by atoms with Gasteiger partial charge in [0.15, 0.2) is 9.84 Å². The van der Waals surface area contributed by atoms with Crippen LogP contribution in [0.15, 0.2) is 108 Å². The van der Waals surface area contributed by atoms with Crippen LogP contribution in [0.1, 0.15) is 5.56 Å². The molecular formula is C29H18ClN3Na4O17S5. The van der Waals surface area contributed by atoms with Gasteiger partial charge in [0, 0.05) is 21.4 Å². The minimum atomic E-state index is -5.72. The third kappa shape index (κ3) is 13.7. The number of rotatable bonds is 12. The third-order valence-electron chi connectivity index (χ3n) is 7.35. The number of azo groups is 1. The second-order valence-electron chi connectivity index (χ2n) is 10.9. The normalized spacial score (nSPS) is 12.7. The van der Waals surface area contributed by atoms with Crippen LogP contribution in [-0.4, -0.2) is 78.6 Å². The number of aliphatic imine (C=N–C) groups is 1. The van der Waals surface area contributed by atoms with E-state index >= 15 is 0 Å². The molecule has 0 radical (unpaired) electrons. The van der Waals surface area contributed by atoms with Gasteiger partial charge in [-0.1, -0.05) is 47.7 Å². The van der Waals surface area contributed by atoms with Gasteiger partial charge in [-0.05, 0) is 59.1 Å². The Hall–Kier alpha value is -0.670. The molecule has 0 saturated heterocycles. The zero-order valence-electron chi connectivity index (χ0n) is 30.6. The maximum Gasteiger partial charge on any atom is 1.00 e. The maximum absolute atomic E-state index is 13.9. The van der Waals surface area contributed by atoms with E-state index in [1.54, 1.807) is 0 Å². The minimum absolute atomic E-state index is 0. The van der Waals surface area contributed by atoms with E-state index in [-0.39, 0.29) is 134 Å². The van der Waals surface area contributed by atoms with Crippen molar-refractivity contribution in [1.82, 2.24) is 0 Å². The molecule has 0 aliphatic carbocycles. The number of hydrogen-bond donors (Lipinski definition) is 2. The largest absolute Gasteiger partial charge is 1.00 e. The molecule has 2 N–H and O–H groups in total. The van der Waals surface area contributed by atoms with Gasteiger partial charge in [0.05, 0.1) is 38.4 Å². The number of halogens is 1. The Labute approximate surface area is 429 Å². The molecule has 0 spiro atoms. The van der Waals surface area contributed by atoms with Crippen molar-refractivity contribution in [2.24, 2.45) is 15.2 Å². The zero-order valence-corrected chi connectivity index (χ0v) is 43.5. The van der Waals surface area contributed by atoms with Crippen molar-refractivity contribution in [2.75, 3.05) is 12.4 Å². The van der Waals surface area contributed by atoms with E-state index in [0.717, 1.165) is 30.3 Å². The van der Waals surface area contributed by atoms with Crippen LogP contribution < -0.4 is 128 Å². The number of sulfone groups is 1. The van der Waals surface area contributed by atoms with Gasteiger partial charge in [-0.25, -0.2) is 29.4 Å². The number of hydrogen-bond acceptors (Lipinski definition) is 18. The molecule has 5 aromatic carbocycles. The van der Waals surface area contributed by atoms with Gasteiger partial charge in [0.2, 0.25) is 0 Å². The van der Waals surface area contributed by atoms with E-state index in [4.69, 9.17) is 16.2 Å². The Morgan fingerprint density at radius 2 is 1.32 bits per heavy atom. The predicted molar refractivity (Wildman–Crippen MR) is 184 cm³/mol. The van der Waals surface area contributed by atoms with Gasteiger partial charge >= 0.3 is 129 Å². The first kappa shape index (κ1) is 56.3. The molecule has 0 saturated carbocycles. The summed E-state index contributed by atoms with van der Waals surface area (Å²) in [7, 11) is -25.7. The topological polar surface area (TPSA) is 350 Å². The minimum Gasteiger partial charge on any atom is -0.870 e. The smallest absolute Gasteiger partial charge is 0.870 e. The first-order valence-electron chi connectivity index (χ1n) is 14.3. The zero-order chi connectivity index (χ0) is 40.9. The van der Waals surface area contributed by atoms with E-state index in [9.17, 15) is 66.0 Å². The van der Waals surface area contributed by atoms with Gasteiger partial charge in [-0.2, -0.15) is 16.8 Å². The summed E-state index contributed by atoms with van der Waals surface area (Å²) in [5, 5.41) is 31.9. The van der Waals surface area contributed by atoms with Crippen LogP contribution in [-0.2, 0) is 54.8 Å². The molecule has 0 fully saturated rings. The SMILES string of the molecule is O=S(=O)(O)OCCS(=O)(=O)c1ccc2c(S(=O)(=O)O)c(N=Nc3c(S(=O)(=O)[O-])cc4cc(S(=O)(=O)[O-])cc(N=C([O-])c5ccccc5Cl)c4c3[O-])ccc2c1.[Na+].[Na+].[Na+].[Na+]. The Kier molecular flexibility index (Phi) is 20.4. The standard InChI is InChI=1S/C29H22ClN3O17S5.4Na/c30-21-4-2-1-3-20(21)29(35)31-23-14-18(52(38,39)40)12-16-13-24(53(41,42)43)26(27(34)25(16)23)33-32-22-8-5-15-11-17(6-7-19(15)28(22)54(44,45)46)51(36,37)10-9-50-55(47,48)49;;;;/h1-8,11-14,34H,9-10H2,(H,31,35)(H,38,39,40)(H,41,42,43)(H,44,45,46)(H,47,48,49);;;;/q;4*+1/p-4. The van der Waals surface area contributed by atoms with E-state index in [1.165, 1.54) is 24.3 Å². The molecule has 20 nitrogen and oxygen atoms in total. The first-order chi connectivity index (χ1) is 25.3. The summed E-state index contributed by atoms with van der Waals surface area (Å²) >= 11 is 6.04. The van der Waals surface area contributed by atoms with Crippen molar-refractivity contribution < 1.29 is 193 Å². The van der Waals surface area contributed by atoms with Crippen molar-refractivity contribution in [1.29, 1.82) is 0 Å². The molecule has 5 rings (SSSR count). The predicted octanol–water partition coefficient (Wildman–Crippen LogP) is -9.76. The van der Waals surface area contributed by atoms with Crippen LogP contribution in [0, 0.1) is 0 Å². The molecule has 0 aliphatic rings. The van der Waals surface area contributed by atoms with Gasteiger partial charge in [-0.3, -0.25) is 14.1 Å². The summed E-state index contributed by atoms with van der Waals surface area (Å²) in [6.07, 6.45) is 0. The van der Waals surface area contributed by atoms with E-state index in [1.807, 2.05) is 0 Å². The Morgan fingerprint density at radius 1 is 0.712 bits per heavy atom. The van der Waals surface area contributed by atoms with Crippen molar-refractivity contribution >= 4 is 107 Å². The van der Waals surface area contributed by atoms with Crippen molar-refractivity contribution in [3.63, 3.8) is 0 Å². The van der Waals surface area contributed by atoms with Crippen molar-refractivity contribution in [2.45, 2.75) is 19.6 Å². The van der Waals surface area contributed by atoms with Gasteiger partial charge in [-0.15, -0.1) is 10.2 Å². The second-order valence-corrected chi connectivity index (χ2v) is 18.6. The molecular weight excluding hydrogens is 950 g/mol. The summed E-state index contributed by atoms with van der Waals surface area (Å²) in [6.45, 7) is -0.988. The number of benzene rings is 5. The third-order valence-corrected chi connectivity index (χ3v) is 12.4. The van der Waals surface area contributed by atoms with Gasteiger partial charge in [0.25, 0.3) is 10.1 Å². The summed E-state index contributed by atoms with van der Waals surface area (Å²) in [6, 6.07) is 11.4. The van der Waals surface area contributed by atoms with Gasteiger partial charge < -0.3 is 19.3 Å². The summed E-state index contributed by atoms with van der Waals surface area (Å²) in [4.78, 5) is -0.376. The fourth-order valence-corrected chi connectivity index (χ4v) is 8.77. The van der Waals surface area contributed by atoms with Crippen LogP contribution in [0.25, 0.3) is 21.5 Å².